The maximum atomic E-state index is 11.6. The summed E-state index contributed by atoms with van der Waals surface area (Å²) in [7, 11) is -2.95. The molecule has 0 spiro atoms. The zero-order chi connectivity index (χ0) is 12.8. The summed E-state index contributed by atoms with van der Waals surface area (Å²) < 4.78 is 24.9. The highest BCUT2D eigenvalue weighted by atomic mass is 32.2. The van der Waals surface area contributed by atoms with Gasteiger partial charge in [-0.3, -0.25) is 0 Å². The first-order valence-corrected chi connectivity index (χ1v) is 7.49. The van der Waals surface area contributed by atoms with Crippen LogP contribution in [0.1, 0.15) is 11.3 Å². The molecule has 2 N–H and O–H groups in total. The minimum absolute atomic E-state index is 0.0945. The van der Waals surface area contributed by atoms with E-state index < -0.39 is 9.84 Å². The van der Waals surface area contributed by atoms with Gasteiger partial charge in [-0.25, -0.2) is 13.1 Å². The van der Waals surface area contributed by atoms with Crippen molar-refractivity contribution in [3.05, 3.63) is 41.7 Å². The Labute approximate surface area is 105 Å². The van der Waals surface area contributed by atoms with E-state index in [1.165, 1.54) is 0 Å². The second-order valence-electron chi connectivity index (χ2n) is 4.46. The van der Waals surface area contributed by atoms with Crippen molar-refractivity contribution in [3.8, 4) is 5.69 Å². The molecular weight excluding hydrogens is 250 g/mol. The molecule has 0 unspecified atom stereocenters. The van der Waals surface area contributed by atoms with Crippen LogP contribution in [-0.4, -0.2) is 24.0 Å². The highest BCUT2D eigenvalue weighted by Gasteiger charge is 2.25. The fraction of sp³-hybridized carbons (Fsp3) is 0.250. The lowest BCUT2D eigenvalue weighted by atomic mass is 10.2. The number of aromatic nitrogens is 2. The van der Waals surface area contributed by atoms with Crippen molar-refractivity contribution in [2.24, 2.45) is 0 Å². The van der Waals surface area contributed by atoms with Gasteiger partial charge in [0, 0.05) is 23.4 Å². The average molecular weight is 263 g/mol. The van der Waals surface area contributed by atoms with Gasteiger partial charge in [0.2, 0.25) is 0 Å². The number of nitrogens with two attached hydrogens (primary N) is 1. The summed E-state index contributed by atoms with van der Waals surface area (Å²) in [5.41, 5.74) is 9.03. The molecule has 1 aromatic heterocycles. The van der Waals surface area contributed by atoms with Gasteiger partial charge in [0.25, 0.3) is 0 Å². The Balaban J connectivity index is 2.06. The van der Waals surface area contributed by atoms with E-state index >= 15 is 0 Å². The first-order valence-electron chi connectivity index (χ1n) is 5.67. The molecule has 5 nitrogen and oxygen atoms in total. The van der Waals surface area contributed by atoms with E-state index in [2.05, 4.69) is 5.10 Å². The molecule has 0 radical (unpaired) electrons. The van der Waals surface area contributed by atoms with Crippen LogP contribution in [0.25, 0.3) is 5.69 Å². The van der Waals surface area contributed by atoms with Gasteiger partial charge in [0.15, 0.2) is 9.84 Å². The molecule has 0 amide bonds. The van der Waals surface area contributed by atoms with Crippen LogP contribution in [0.2, 0.25) is 0 Å². The van der Waals surface area contributed by atoms with Crippen LogP contribution < -0.4 is 5.73 Å². The third-order valence-corrected chi connectivity index (χ3v) is 4.70. The molecule has 1 aliphatic rings. The van der Waals surface area contributed by atoms with Gasteiger partial charge in [-0.2, -0.15) is 5.10 Å². The van der Waals surface area contributed by atoms with Crippen molar-refractivity contribution in [2.75, 3.05) is 11.5 Å². The average Bonchev–Trinajstić information content (AvgIpc) is 2.71. The quantitative estimate of drug-likeness (QED) is 0.776. The number of fused-ring (bicyclic) bond motifs is 1. The first-order chi connectivity index (χ1) is 8.55. The predicted molar refractivity (Wildman–Crippen MR) is 69.2 cm³/mol. The Bertz CT molecular complexity index is 687. The molecule has 0 bridgehead atoms. The van der Waals surface area contributed by atoms with Crippen LogP contribution in [-0.2, 0) is 22.0 Å². The normalized spacial score (nSPS) is 17.3. The van der Waals surface area contributed by atoms with E-state index in [1.54, 1.807) is 10.9 Å². The van der Waals surface area contributed by atoms with Crippen LogP contribution in [0.3, 0.4) is 0 Å². The van der Waals surface area contributed by atoms with Crippen LogP contribution >= 0.6 is 0 Å². The SMILES string of the molecule is Nc1ccc(-n2ncc3c2CCS(=O)(=O)C3)cc1. The lowest BCUT2D eigenvalue weighted by molar-refractivity contribution is 0.590. The number of rotatable bonds is 1. The highest BCUT2D eigenvalue weighted by molar-refractivity contribution is 7.90. The zero-order valence-electron chi connectivity index (χ0n) is 9.70. The van der Waals surface area contributed by atoms with Crippen molar-refractivity contribution in [1.29, 1.82) is 0 Å². The molecule has 0 saturated heterocycles. The molecule has 0 fully saturated rings. The Morgan fingerprint density at radius 1 is 1.22 bits per heavy atom. The summed E-state index contributed by atoms with van der Waals surface area (Å²) in [4.78, 5) is 0. The second kappa shape index (κ2) is 3.84. The van der Waals surface area contributed by atoms with E-state index in [9.17, 15) is 8.42 Å². The maximum absolute atomic E-state index is 11.6. The number of nitrogen functional groups attached to an aromatic ring is 1. The van der Waals surface area contributed by atoms with Crippen molar-refractivity contribution in [1.82, 2.24) is 9.78 Å². The standard InChI is InChI=1S/C12H13N3O2S/c13-10-1-3-11(4-2-10)15-12-5-6-18(16,17)8-9(12)7-14-15/h1-4,7H,5-6,8,13H2. The fourth-order valence-electron chi connectivity index (χ4n) is 2.19. The van der Waals surface area contributed by atoms with Crippen LogP contribution in [0.5, 0.6) is 0 Å². The lowest BCUT2D eigenvalue weighted by Gasteiger charge is -2.14. The van der Waals surface area contributed by atoms with Gasteiger partial charge in [-0.1, -0.05) is 0 Å². The summed E-state index contributed by atoms with van der Waals surface area (Å²) in [6.07, 6.45) is 2.16. The molecule has 18 heavy (non-hydrogen) atoms. The molecule has 0 atom stereocenters. The molecule has 1 aliphatic heterocycles. The van der Waals surface area contributed by atoms with Gasteiger partial charge >= 0.3 is 0 Å². The van der Waals surface area contributed by atoms with E-state index in [0.29, 0.717) is 12.1 Å². The number of nitrogens with zero attached hydrogens (tertiary/aromatic N) is 2. The lowest BCUT2D eigenvalue weighted by Crippen LogP contribution is -2.20. The van der Waals surface area contributed by atoms with Crippen molar-refractivity contribution in [2.45, 2.75) is 12.2 Å². The monoisotopic (exact) mass is 263 g/mol. The number of hydrogen-bond donors (Lipinski definition) is 1. The molecule has 6 heteroatoms. The minimum atomic E-state index is -2.95. The summed E-state index contributed by atoms with van der Waals surface area (Å²) in [5.74, 6) is 0.290. The largest absolute Gasteiger partial charge is 0.399 e. The van der Waals surface area contributed by atoms with E-state index in [1.807, 2.05) is 24.3 Å². The third kappa shape index (κ3) is 1.88. The summed E-state index contributed by atoms with van der Waals surface area (Å²) >= 11 is 0. The third-order valence-electron chi connectivity index (χ3n) is 3.12. The summed E-state index contributed by atoms with van der Waals surface area (Å²) in [6, 6.07) is 7.38. The summed E-state index contributed by atoms with van der Waals surface area (Å²) in [6.45, 7) is 0. The van der Waals surface area contributed by atoms with Gasteiger partial charge < -0.3 is 5.73 Å². The second-order valence-corrected chi connectivity index (χ2v) is 6.65. The molecule has 2 heterocycles. The predicted octanol–water partition coefficient (Wildman–Crippen LogP) is 0.925. The topological polar surface area (TPSA) is 78.0 Å². The zero-order valence-corrected chi connectivity index (χ0v) is 10.5. The first kappa shape index (κ1) is 11.3. The Morgan fingerprint density at radius 2 is 1.94 bits per heavy atom. The fourth-order valence-corrected chi connectivity index (χ4v) is 3.56. The van der Waals surface area contributed by atoms with E-state index in [0.717, 1.165) is 16.9 Å². The Hall–Kier alpha value is -1.82. The van der Waals surface area contributed by atoms with E-state index in [-0.39, 0.29) is 11.5 Å². The van der Waals surface area contributed by atoms with Gasteiger partial charge in [-0.15, -0.1) is 0 Å². The van der Waals surface area contributed by atoms with Gasteiger partial charge in [0.05, 0.1) is 23.4 Å². The van der Waals surface area contributed by atoms with E-state index in [4.69, 9.17) is 5.73 Å². The van der Waals surface area contributed by atoms with Gasteiger partial charge in [0.1, 0.15) is 0 Å². The van der Waals surface area contributed by atoms with Crippen molar-refractivity contribution < 1.29 is 8.42 Å². The Morgan fingerprint density at radius 3 is 2.67 bits per heavy atom. The number of hydrogen-bond acceptors (Lipinski definition) is 4. The van der Waals surface area contributed by atoms with Crippen LogP contribution in [0.4, 0.5) is 5.69 Å². The molecule has 0 aliphatic carbocycles. The van der Waals surface area contributed by atoms with Crippen LogP contribution in [0.15, 0.2) is 30.5 Å². The van der Waals surface area contributed by atoms with Crippen molar-refractivity contribution >= 4 is 15.5 Å². The van der Waals surface area contributed by atoms with Crippen LogP contribution in [0, 0.1) is 0 Å². The molecule has 94 valence electrons. The number of benzene rings is 1. The number of sulfone groups is 1. The van der Waals surface area contributed by atoms with Gasteiger partial charge in [-0.05, 0) is 24.3 Å². The minimum Gasteiger partial charge on any atom is -0.399 e. The smallest absolute Gasteiger partial charge is 0.154 e. The maximum Gasteiger partial charge on any atom is 0.154 e. The molecule has 1 aromatic carbocycles. The van der Waals surface area contributed by atoms with Crippen molar-refractivity contribution in [3.63, 3.8) is 0 Å². The summed E-state index contributed by atoms with van der Waals surface area (Å²) in [5, 5.41) is 4.27. The molecular formula is C12H13N3O2S. The highest BCUT2D eigenvalue weighted by Crippen LogP contribution is 2.23. The molecule has 2 aromatic rings. The molecule has 3 rings (SSSR count). The number of anilines is 1. The molecule has 0 saturated carbocycles. The Kier molecular flexibility index (Phi) is 2.41.